The van der Waals surface area contributed by atoms with Crippen LogP contribution in [0.1, 0.15) is 16.7 Å². The van der Waals surface area contributed by atoms with E-state index >= 15 is 0 Å². The first-order valence-electron chi connectivity index (χ1n) is 10.4. The van der Waals surface area contributed by atoms with Crippen molar-refractivity contribution in [2.24, 2.45) is 5.10 Å². The Morgan fingerprint density at radius 2 is 1.83 bits per heavy atom. The fraction of sp³-hybridized carbons (Fsp3) is 0.167. The Balaban J connectivity index is 1.86. The third kappa shape index (κ3) is 6.01. The summed E-state index contributed by atoms with van der Waals surface area (Å²) in [5.41, 5.74) is 4.27. The van der Waals surface area contributed by atoms with Gasteiger partial charge < -0.3 is 4.74 Å². The van der Waals surface area contributed by atoms with Crippen LogP contribution in [0.15, 0.2) is 76.7 Å². The molecule has 0 spiro atoms. The predicted octanol–water partition coefficient (Wildman–Crippen LogP) is 3.57. The lowest BCUT2D eigenvalue weighted by Gasteiger charge is -2.25. The van der Waals surface area contributed by atoms with Gasteiger partial charge in [-0.05, 0) is 55.3 Å². The van der Waals surface area contributed by atoms with E-state index in [1.807, 2.05) is 13.0 Å². The second-order valence-corrected chi connectivity index (χ2v) is 9.46. The zero-order valence-corrected chi connectivity index (χ0v) is 20.2. The zero-order valence-electron chi connectivity index (χ0n) is 19.3. The molecule has 0 aliphatic rings. The molecular weight excluding hydrogens is 472 g/mol. The van der Waals surface area contributed by atoms with E-state index in [1.54, 1.807) is 37.3 Å². The van der Waals surface area contributed by atoms with Crippen molar-refractivity contribution in [1.29, 1.82) is 0 Å². The van der Waals surface area contributed by atoms with Crippen molar-refractivity contribution in [2.75, 3.05) is 18.0 Å². The van der Waals surface area contributed by atoms with Gasteiger partial charge in [0.15, 0.2) is 5.75 Å². The van der Waals surface area contributed by atoms with Crippen LogP contribution in [0.25, 0.3) is 0 Å². The Morgan fingerprint density at radius 1 is 1.11 bits per heavy atom. The molecule has 0 aliphatic heterocycles. The molecule has 0 unspecified atom stereocenters. The molecule has 0 aliphatic carbocycles. The van der Waals surface area contributed by atoms with Crippen LogP contribution in [-0.4, -0.2) is 39.1 Å². The maximum absolute atomic E-state index is 13.4. The highest BCUT2D eigenvalue weighted by Crippen LogP contribution is 2.28. The molecule has 0 bridgehead atoms. The molecule has 10 nitrogen and oxygen atoms in total. The highest BCUT2D eigenvalue weighted by Gasteiger charge is 2.28. The van der Waals surface area contributed by atoms with Crippen LogP contribution in [0, 0.1) is 24.0 Å². The van der Waals surface area contributed by atoms with Gasteiger partial charge in [0.2, 0.25) is 0 Å². The molecule has 35 heavy (non-hydrogen) atoms. The van der Waals surface area contributed by atoms with Crippen molar-refractivity contribution in [3.63, 3.8) is 0 Å². The summed E-state index contributed by atoms with van der Waals surface area (Å²) >= 11 is 0. The second kappa shape index (κ2) is 10.8. The van der Waals surface area contributed by atoms with Crippen LogP contribution in [0.4, 0.5) is 11.4 Å². The van der Waals surface area contributed by atoms with Crippen molar-refractivity contribution in [3.8, 4) is 5.75 Å². The number of hydrogen-bond donors (Lipinski definition) is 1. The molecule has 0 fully saturated rings. The van der Waals surface area contributed by atoms with E-state index in [1.165, 1.54) is 43.7 Å². The molecule has 0 heterocycles. The minimum atomic E-state index is -4.06. The lowest BCUT2D eigenvalue weighted by Crippen LogP contribution is -2.40. The molecule has 0 atom stereocenters. The van der Waals surface area contributed by atoms with Gasteiger partial charge in [0.1, 0.15) is 6.54 Å². The summed E-state index contributed by atoms with van der Waals surface area (Å²) in [5.74, 6) is -0.601. The first kappa shape index (κ1) is 25.4. The number of aryl methyl sites for hydroxylation is 2. The van der Waals surface area contributed by atoms with E-state index in [9.17, 15) is 23.3 Å². The van der Waals surface area contributed by atoms with Gasteiger partial charge in [0, 0.05) is 11.6 Å². The summed E-state index contributed by atoms with van der Waals surface area (Å²) in [6, 6.07) is 17.3. The van der Waals surface area contributed by atoms with Crippen LogP contribution in [0.5, 0.6) is 5.75 Å². The largest absolute Gasteiger partial charge is 0.490 e. The molecule has 182 valence electrons. The van der Waals surface area contributed by atoms with Crippen LogP contribution < -0.4 is 14.5 Å². The monoisotopic (exact) mass is 496 g/mol. The normalized spacial score (nSPS) is 11.3. The zero-order chi connectivity index (χ0) is 25.6. The smallest absolute Gasteiger partial charge is 0.311 e. The Hall–Kier alpha value is -4.25. The maximum atomic E-state index is 13.4. The van der Waals surface area contributed by atoms with Gasteiger partial charge in [-0.1, -0.05) is 30.3 Å². The third-order valence-corrected chi connectivity index (χ3v) is 6.83. The number of anilines is 1. The fourth-order valence-corrected chi connectivity index (χ4v) is 4.78. The Kier molecular flexibility index (Phi) is 7.82. The molecule has 3 rings (SSSR count). The van der Waals surface area contributed by atoms with E-state index in [4.69, 9.17) is 4.74 Å². The van der Waals surface area contributed by atoms with Gasteiger partial charge in [0.25, 0.3) is 15.9 Å². The molecule has 0 radical (unpaired) electrons. The molecule has 11 heteroatoms. The number of hydrazone groups is 1. The number of nitro groups is 1. The van der Waals surface area contributed by atoms with Crippen molar-refractivity contribution >= 4 is 33.5 Å². The van der Waals surface area contributed by atoms with Crippen molar-refractivity contribution in [3.05, 3.63) is 93.5 Å². The summed E-state index contributed by atoms with van der Waals surface area (Å²) in [6.45, 7) is 3.06. The Morgan fingerprint density at radius 3 is 2.49 bits per heavy atom. The summed E-state index contributed by atoms with van der Waals surface area (Å²) in [5, 5.41) is 15.0. The van der Waals surface area contributed by atoms with E-state index in [2.05, 4.69) is 10.5 Å². The van der Waals surface area contributed by atoms with Crippen LogP contribution in [0.2, 0.25) is 0 Å². The maximum Gasteiger partial charge on any atom is 0.311 e. The first-order valence-corrected chi connectivity index (χ1v) is 11.9. The highest BCUT2D eigenvalue weighted by atomic mass is 32.2. The number of sulfonamides is 1. The molecule has 0 aromatic heterocycles. The number of amides is 1. The predicted molar refractivity (Wildman–Crippen MR) is 132 cm³/mol. The number of carbonyl (C=O) groups is 1. The summed E-state index contributed by atoms with van der Waals surface area (Å²) in [6.07, 6.45) is 1.22. The minimum absolute atomic E-state index is 0.0442. The summed E-state index contributed by atoms with van der Waals surface area (Å²) in [4.78, 5) is 23.3. The SMILES string of the molecule is COc1ccc(/C=N\NC(=O)CN(c2cc(C)ccc2C)S(=O)(=O)c2ccccc2)cc1[N+](=O)[O-]. The van der Waals surface area contributed by atoms with Gasteiger partial charge in [-0.3, -0.25) is 19.2 Å². The Bertz CT molecular complexity index is 1370. The average Bonchev–Trinajstić information content (AvgIpc) is 2.84. The Labute approximate surface area is 203 Å². The topological polar surface area (TPSA) is 131 Å². The number of hydrogen-bond acceptors (Lipinski definition) is 7. The fourth-order valence-electron chi connectivity index (χ4n) is 3.28. The van der Waals surface area contributed by atoms with E-state index in [0.717, 1.165) is 9.87 Å². The number of nitrogens with one attached hydrogen (secondary N) is 1. The number of rotatable bonds is 9. The quantitative estimate of drug-likeness (QED) is 0.274. The molecular formula is C24H24N4O6S. The molecule has 0 saturated carbocycles. The van der Waals surface area contributed by atoms with Crippen molar-refractivity contribution in [2.45, 2.75) is 18.7 Å². The van der Waals surface area contributed by atoms with Gasteiger partial charge >= 0.3 is 5.69 Å². The van der Waals surface area contributed by atoms with E-state index < -0.39 is 27.4 Å². The summed E-state index contributed by atoms with van der Waals surface area (Å²) in [7, 11) is -2.74. The molecule has 1 N–H and O–H groups in total. The van der Waals surface area contributed by atoms with Gasteiger partial charge in [0.05, 0.1) is 28.8 Å². The number of benzene rings is 3. The number of nitro benzene ring substituents is 1. The third-order valence-electron chi connectivity index (χ3n) is 5.05. The highest BCUT2D eigenvalue weighted by molar-refractivity contribution is 7.92. The molecule has 1 amide bonds. The van der Waals surface area contributed by atoms with Crippen LogP contribution >= 0.6 is 0 Å². The van der Waals surface area contributed by atoms with Crippen LogP contribution in [-0.2, 0) is 14.8 Å². The van der Waals surface area contributed by atoms with Crippen molar-refractivity contribution in [1.82, 2.24) is 5.43 Å². The number of carbonyl (C=O) groups excluding carboxylic acids is 1. The average molecular weight is 497 g/mol. The lowest BCUT2D eigenvalue weighted by atomic mass is 10.1. The molecule has 3 aromatic carbocycles. The lowest BCUT2D eigenvalue weighted by molar-refractivity contribution is -0.385. The van der Waals surface area contributed by atoms with Gasteiger partial charge in [-0.2, -0.15) is 5.10 Å². The number of nitrogens with zero attached hydrogens (tertiary/aromatic N) is 3. The standard InChI is InChI=1S/C24H24N4O6S/c1-17-9-10-18(2)21(13-17)27(35(32,33)20-7-5-4-6-8-20)16-24(29)26-25-15-19-11-12-23(34-3)22(14-19)28(30)31/h4-15H,16H2,1-3H3,(H,26,29)/b25-15-. The number of methoxy groups -OCH3 is 1. The molecule has 3 aromatic rings. The molecule has 0 saturated heterocycles. The first-order chi connectivity index (χ1) is 16.6. The number of ether oxygens (including phenoxy) is 1. The van der Waals surface area contributed by atoms with Gasteiger partial charge in [-0.25, -0.2) is 13.8 Å². The van der Waals surface area contributed by atoms with Crippen LogP contribution in [0.3, 0.4) is 0 Å². The van der Waals surface area contributed by atoms with E-state index in [0.29, 0.717) is 16.8 Å². The minimum Gasteiger partial charge on any atom is -0.490 e. The summed E-state index contributed by atoms with van der Waals surface area (Å²) < 4.78 is 32.8. The van der Waals surface area contributed by atoms with E-state index in [-0.39, 0.29) is 16.3 Å². The van der Waals surface area contributed by atoms with Gasteiger partial charge in [-0.15, -0.1) is 0 Å². The van der Waals surface area contributed by atoms with Crippen molar-refractivity contribution < 1.29 is 22.9 Å². The second-order valence-electron chi connectivity index (χ2n) is 7.60.